The molecule has 35 heavy (non-hydrogen) atoms. The third-order valence-corrected chi connectivity index (χ3v) is 4.82. The van der Waals surface area contributed by atoms with Gasteiger partial charge >= 0.3 is 18.2 Å². The molecule has 0 atom stereocenters. The molecule has 2 N–H and O–H groups in total. The second kappa shape index (κ2) is 11.0. The summed E-state index contributed by atoms with van der Waals surface area (Å²) in [5, 5.41) is 4.55. The number of methoxy groups -OCH3 is 1. The van der Waals surface area contributed by atoms with Crippen LogP contribution < -0.4 is 15.4 Å². The number of anilines is 1. The minimum absolute atomic E-state index is 0.0121. The van der Waals surface area contributed by atoms with Gasteiger partial charge in [0.1, 0.15) is 12.4 Å². The van der Waals surface area contributed by atoms with Crippen LogP contribution in [-0.2, 0) is 22.3 Å². The Balaban J connectivity index is 2.14. The summed E-state index contributed by atoms with van der Waals surface area (Å²) in [5.74, 6) is -1.18. The molecule has 0 unspecified atom stereocenters. The fourth-order valence-electron chi connectivity index (χ4n) is 3.07. The summed E-state index contributed by atoms with van der Waals surface area (Å²) in [7, 11) is 1.13. The highest BCUT2D eigenvalue weighted by Gasteiger charge is 2.32. The van der Waals surface area contributed by atoms with Crippen LogP contribution in [0.4, 0.5) is 23.8 Å². The molecule has 184 valence electrons. The highest BCUT2D eigenvalue weighted by Crippen LogP contribution is 2.38. The monoisotopic (exact) mass is 507 g/mol. The van der Waals surface area contributed by atoms with Crippen molar-refractivity contribution in [2.24, 2.45) is 0 Å². The van der Waals surface area contributed by atoms with E-state index in [2.05, 4.69) is 15.6 Å². The van der Waals surface area contributed by atoms with Crippen LogP contribution in [0, 0.1) is 0 Å². The van der Waals surface area contributed by atoms with Crippen molar-refractivity contribution in [2.75, 3.05) is 19.0 Å². The molecule has 0 aliphatic carbocycles. The van der Waals surface area contributed by atoms with Gasteiger partial charge in [0.2, 0.25) is 0 Å². The third-order valence-electron chi connectivity index (χ3n) is 4.61. The number of hydrogen-bond donors (Lipinski definition) is 2. The number of alkyl halides is 3. The molecule has 12 heteroatoms. The summed E-state index contributed by atoms with van der Waals surface area (Å²) in [4.78, 5) is 28.3. The first kappa shape index (κ1) is 25.7. The number of nitrogens with one attached hydrogen (secondary N) is 2. The van der Waals surface area contributed by atoms with Gasteiger partial charge < -0.3 is 19.5 Å². The molecule has 0 radical (unpaired) electrons. The first-order chi connectivity index (χ1) is 16.6. The number of carbonyl (C=O) groups is 2. The summed E-state index contributed by atoms with van der Waals surface area (Å²) in [5.41, 5.74) is -0.499. The number of carbonyl (C=O) groups excluding carboxylic acids is 2. The number of hydrogen-bond acceptors (Lipinski definition) is 7. The van der Waals surface area contributed by atoms with Crippen LogP contribution in [0.15, 0.2) is 48.5 Å². The molecule has 1 heterocycles. The number of fused-ring (bicyclic) bond motifs is 1. The van der Waals surface area contributed by atoms with E-state index in [-0.39, 0.29) is 46.4 Å². The number of rotatable bonds is 6. The summed E-state index contributed by atoms with van der Waals surface area (Å²) in [6.07, 6.45) is -5.53. The molecule has 0 bridgehead atoms. The van der Waals surface area contributed by atoms with E-state index in [0.29, 0.717) is 0 Å². The second-order valence-corrected chi connectivity index (χ2v) is 7.37. The Bertz CT molecular complexity index is 1250. The minimum Gasteiger partial charge on any atom is -0.486 e. The molecular formula is C23H20F3N3O5S. The van der Waals surface area contributed by atoms with Gasteiger partial charge in [-0.05, 0) is 42.9 Å². The Labute approximate surface area is 203 Å². The summed E-state index contributed by atoms with van der Waals surface area (Å²) in [6, 6.07) is 11.8. The zero-order valence-corrected chi connectivity index (χ0v) is 19.4. The Hall–Kier alpha value is -3.93. The lowest BCUT2D eigenvalue weighted by Gasteiger charge is -2.18. The lowest BCUT2D eigenvalue weighted by Crippen LogP contribution is -2.35. The Morgan fingerprint density at radius 2 is 1.80 bits per heavy atom. The zero-order valence-electron chi connectivity index (χ0n) is 18.6. The van der Waals surface area contributed by atoms with E-state index in [9.17, 15) is 22.8 Å². The van der Waals surface area contributed by atoms with Gasteiger partial charge in [0, 0.05) is 10.8 Å². The topological polar surface area (TPSA) is 98.8 Å². The number of alkyl carbamates (subject to hydrolysis) is 1. The van der Waals surface area contributed by atoms with Crippen molar-refractivity contribution in [1.82, 2.24) is 10.3 Å². The van der Waals surface area contributed by atoms with Gasteiger partial charge in [0.05, 0.1) is 19.3 Å². The number of aromatic nitrogens is 1. The molecule has 0 aliphatic rings. The predicted octanol–water partition coefficient (Wildman–Crippen LogP) is 5.06. The minimum atomic E-state index is -4.65. The Morgan fingerprint density at radius 3 is 2.43 bits per heavy atom. The van der Waals surface area contributed by atoms with Gasteiger partial charge in [-0.25, -0.2) is 14.6 Å². The molecule has 8 nitrogen and oxygen atoms in total. The maximum absolute atomic E-state index is 13.5. The van der Waals surface area contributed by atoms with Gasteiger partial charge in [-0.2, -0.15) is 13.2 Å². The number of halogens is 3. The van der Waals surface area contributed by atoms with Crippen LogP contribution in [-0.4, -0.2) is 35.9 Å². The smallest absolute Gasteiger partial charge is 0.416 e. The van der Waals surface area contributed by atoms with E-state index < -0.39 is 23.8 Å². The Morgan fingerprint density at radius 1 is 1.09 bits per heavy atom. The third kappa shape index (κ3) is 6.35. The normalized spacial score (nSPS) is 11.0. The average Bonchev–Trinajstić information content (AvgIpc) is 2.82. The number of thiocarbonyl (C=S) groups is 1. The van der Waals surface area contributed by atoms with E-state index >= 15 is 0 Å². The zero-order chi connectivity index (χ0) is 25.6. The molecule has 0 aliphatic heterocycles. The number of benzene rings is 2. The number of nitrogens with zero attached hydrogens (tertiary/aromatic N) is 1. The van der Waals surface area contributed by atoms with Crippen LogP contribution in [0.25, 0.3) is 10.8 Å². The van der Waals surface area contributed by atoms with Crippen LogP contribution in [0.5, 0.6) is 5.75 Å². The van der Waals surface area contributed by atoms with Crippen LogP contribution >= 0.6 is 12.2 Å². The number of pyridine rings is 1. The van der Waals surface area contributed by atoms with E-state index in [1.54, 1.807) is 31.2 Å². The van der Waals surface area contributed by atoms with Crippen LogP contribution in [0.1, 0.15) is 28.5 Å². The van der Waals surface area contributed by atoms with Gasteiger partial charge in [-0.15, -0.1) is 0 Å². The molecule has 0 fully saturated rings. The largest absolute Gasteiger partial charge is 0.486 e. The van der Waals surface area contributed by atoms with Crippen molar-refractivity contribution in [1.29, 1.82) is 0 Å². The molecule has 1 amide bonds. The number of amides is 1. The van der Waals surface area contributed by atoms with Crippen molar-refractivity contribution in [3.05, 3.63) is 65.4 Å². The lowest BCUT2D eigenvalue weighted by molar-refractivity contribution is -0.137. The molecule has 2 aromatic carbocycles. The van der Waals surface area contributed by atoms with Crippen LogP contribution in [0.2, 0.25) is 0 Å². The first-order valence-electron chi connectivity index (χ1n) is 10.2. The van der Waals surface area contributed by atoms with E-state index in [1.165, 1.54) is 6.07 Å². The van der Waals surface area contributed by atoms with E-state index in [4.69, 9.17) is 26.4 Å². The standard InChI is InChI=1S/C23H20F3N3O5S/c1-3-33-22(31)29-21(35)28-19-16-11-14(23(24,25)26)9-10-15(16)18(17(27-19)20(30)32-2)34-12-13-7-5-4-6-8-13/h4-11H,3,12H2,1-2H3,(H2,27,28,29,31,35). The van der Waals surface area contributed by atoms with Gasteiger partial charge in [-0.1, -0.05) is 30.3 Å². The highest BCUT2D eigenvalue weighted by atomic mass is 32.1. The Kier molecular flexibility index (Phi) is 8.07. The van der Waals surface area contributed by atoms with Crippen molar-refractivity contribution < 1.29 is 37.0 Å². The van der Waals surface area contributed by atoms with E-state index in [0.717, 1.165) is 24.8 Å². The summed E-state index contributed by atoms with van der Waals surface area (Å²) in [6.45, 7) is 1.67. The fourth-order valence-corrected chi connectivity index (χ4v) is 3.25. The predicted molar refractivity (Wildman–Crippen MR) is 125 cm³/mol. The molecule has 0 spiro atoms. The van der Waals surface area contributed by atoms with Crippen molar-refractivity contribution in [2.45, 2.75) is 19.7 Å². The molecule has 0 saturated carbocycles. The van der Waals surface area contributed by atoms with Crippen molar-refractivity contribution in [3.63, 3.8) is 0 Å². The first-order valence-corrected chi connectivity index (χ1v) is 10.6. The molecular weight excluding hydrogens is 487 g/mol. The summed E-state index contributed by atoms with van der Waals surface area (Å²) >= 11 is 5.05. The second-order valence-electron chi connectivity index (χ2n) is 6.96. The van der Waals surface area contributed by atoms with Gasteiger partial charge in [-0.3, -0.25) is 5.32 Å². The summed E-state index contributed by atoms with van der Waals surface area (Å²) < 4.78 is 55.7. The van der Waals surface area contributed by atoms with Gasteiger partial charge in [0.15, 0.2) is 16.6 Å². The quantitative estimate of drug-likeness (QED) is 0.353. The van der Waals surface area contributed by atoms with Crippen LogP contribution in [0.3, 0.4) is 0 Å². The molecule has 0 saturated heterocycles. The molecule has 3 rings (SSSR count). The fraction of sp³-hybridized carbons (Fsp3) is 0.217. The number of esters is 1. The van der Waals surface area contributed by atoms with E-state index in [1.807, 2.05) is 6.07 Å². The maximum atomic E-state index is 13.5. The average molecular weight is 507 g/mol. The highest BCUT2D eigenvalue weighted by molar-refractivity contribution is 7.80. The van der Waals surface area contributed by atoms with Gasteiger partial charge in [0.25, 0.3) is 0 Å². The lowest BCUT2D eigenvalue weighted by atomic mass is 10.1. The molecule has 1 aromatic heterocycles. The van der Waals surface area contributed by atoms with Crippen molar-refractivity contribution >= 4 is 46.0 Å². The number of ether oxygens (including phenoxy) is 3. The van der Waals surface area contributed by atoms with Crippen molar-refractivity contribution in [3.8, 4) is 5.75 Å². The SMILES string of the molecule is CCOC(=O)NC(=S)Nc1nc(C(=O)OC)c(OCc2ccccc2)c2ccc(C(F)(F)F)cc12. The molecule has 3 aromatic rings. The maximum Gasteiger partial charge on any atom is 0.416 e.